The zero-order valence-corrected chi connectivity index (χ0v) is 14.7. The summed E-state index contributed by atoms with van der Waals surface area (Å²) in [5.74, 6) is 0.713. The van der Waals surface area contributed by atoms with Crippen molar-refractivity contribution in [3.63, 3.8) is 0 Å². The van der Waals surface area contributed by atoms with E-state index >= 15 is 0 Å². The van der Waals surface area contributed by atoms with Crippen LogP contribution in [0.25, 0.3) is 11.4 Å². The summed E-state index contributed by atoms with van der Waals surface area (Å²) >= 11 is 0. The Bertz CT molecular complexity index is 858. The van der Waals surface area contributed by atoms with Crippen molar-refractivity contribution in [2.45, 2.75) is 25.8 Å². The minimum absolute atomic E-state index is 0.166. The highest BCUT2D eigenvalue weighted by molar-refractivity contribution is 5.94. The molecule has 0 bridgehead atoms. The average Bonchev–Trinajstić information content (AvgIpc) is 3.16. The van der Waals surface area contributed by atoms with Crippen molar-refractivity contribution in [3.05, 3.63) is 71.6 Å². The van der Waals surface area contributed by atoms with Crippen molar-refractivity contribution in [2.75, 3.05) is 6.61 Å². The summed E-state index contributed by atoms with van der Waals surface area (Å²) in [6.07, 6.45) is 0. The topological polar surface area (TPSA) is 88.3 Å². The van der Waals surface area contributed by atoms with Gasteiger partial charge in [0, 0.05) is 11.1 Å². The molecule has 134 valence electrons. The normalized spacial score (nSPS) is 12.2. The number of benzene rings is 2. The highest BCUT2D eigenvalue weighted by atomic mass is 16.5. The van der Waals surface area contributed by atoms with E-state index < -0.39 is 6.04 Å². The zero-order valence-electron chi connectivity index (χ0n) is 14.7. The Morgan fingerprint density at radius 2 is 1.81 bits per heavy atom. The standard InChI is InChI=1S/C20H21N3O3/c1-13(2)14-8-10-15(11-9-14)18-22-20(26-23-18)17(12-24)21-19(25)16-6-4-3-5-7-16/h3-11,13,17,24H,12H2,1-2H3,(H,21,25)/t17-/m0/s1. The smallest absolute Gasteiger partial charge is 0.251 e. The number of hydrogen-bond acceptors (Lipinski definition) is 5. The summed E-state index contributed by atoms with van der Waals surface area (Å²) in [5, 5.41) is 16.3. The molecule has 3 aromatic rings. The van der Waals surface area contributed by atoms with Crippen LogP contribution in [0.15, 0.2) is 59.1 Å². The second kappa shape index (κ2) is 7.93. The van der Waals surface area contributed by atoms with E-state index in [9.17, 15) is 9.90 Å². The second-order valence-electron chi connectivity index (χ2n) is 6.31. The van der Waals surface area contributed by atoms with E-state index in [1.807, 2.05) is 30.3 Å². The van der Waals surface area contributed by atoms with E-state index in [2.05, 4.69) is 29.3 Å². The van der Waals surface area contributed by atoms with Gasteiger partial charge in [-0.1, -0.05) is 61.5 Å². The number of amides is 1. The highest BCUT2D eigenvalue weighted by Crippen LogP contribution is 2.22. The van der Waals surface area contributed by atoms with Gasteiger partial charge >= 0.3 is 0 Å². The van der Waals surface area contributed by atoms with Crippen LogP contribution >= 0.6 is 0 Å². The summed E-state index contributed by atoms with van der Waals surface area (Å²) in [5.41, 5.74) is 2.53. The lowest BCUT2D eigenvalue weighted by molar-refractivity contribution is 0.0901. The Morgan fingerprint density at radius 1 is 1.12 bits per heavy atom. The van der Waals surface area contributed by atoms with Crippen LogP contribution in [0.5, 0.6) is 0 Å². The van der Waals surface area contributed by atoms with Gasteiger partial charge in [-0.25, -0.2) is 0 Å². The lowest BCUT2D eigenvalue weighted by atomic mass is 10.0. The van der Waals surface area contributed by atoms with Gasteiger partial charge in [0.15, 0.2) is 0 Å². The van der Waals surface area contributed by atoms with Gasteiger partial charge in [-0.2, -0.15) is 4.98 Å². The molecule has 0 unspecified atom stereocenters. The van der Waals surface area contributed by atoms with Crippen molar-refractivity contribution in [2.24, 2.45) is 0 Å². The quantitative estimate of drug-likeness (QED) is 0.711. The molecule has 0 spiro atoms. The van der Waals surface area contributed by atoms with Gasteiger partial charge in [-0.3, -0.25) is 4.79 Å². The molecule has 0 saturated heterocycles. The molecular formula is C20H21N3O3. The molecule has 0 saturated carbocycles. The van der Waals surface area contributed by atoms with Crippen LogP contribution in [-0.2, 0) is 0 Å². The third kappa shape index (κ3) is 3.97. The van der Waals surface area contributed by atoms with Crippen molar-refractivity contribution in [1.82, 2.24) is 15.5 Å². The fourth-order valence-electron chi connectivity index (χ4n) is 2.53. The van der Waals surface area contributed by atoms with Crippen molar-refractivity contribution < 1.29 is 14.4 Å². The molecule has 1 atom stereocenters. The molecule has 2 N–H and O–H groups in total. The molecular weight excluding hydrogens is 330 g/mol. The number of nitrogens with one attached hydrogen (secondary N) is 1. The summed E-state index contributed by atoms with van der Waals surface area (Å²) in [7, 11) is 0. The van der Waals surface area contributed by atoms with E-state index in [-0.39, 0.29) is 18.4 Å². The van der Waals surface area contributed by atoms with Gasteiger partial charge in [0.2, 0.25) is 5.82 Å². The molecule has 0 fully saturated rings. The van der Waals surface area contributed by atoms with Crippen LogP contribution < -0.4 is 5.32 Å². The molecule has 3 rings (SSSR count). The van der Waals surface area contributed by atoms with Gasteiger partial charge in [-0.05, 0) is 23.6 Å². The predicted molar refractivity (Wildman–Crippen MR) is 97.6 cm³/mol. The Morgan fingerprint density at radius 3 is 2.42 bits per heavy atom. The maximum atomic E-state index is 12.3. The third-order valence-electron chi connectivity index (χ3n) is 4.10. The number of nitrogens with zero attached hydrogens (tertiary/aromatic N) is 2. The average molecular weight is 351 g/mol. The number of carbonyl (C=O) groups is 1. The number of hydrogen-bond donors (Lipinski definition) is 2. The summed E-state index contributed by atoms with van der Waals surface area (Å²) in [6.45, 7) is 3.91. The van der Waals surface area contributed by atoms with E-state index in [1.165, 1.54) is 5.56 Å². The third-order valence-corrected chi connectivity index (χ3v) is 4.10. The van der Waals surface area contributed by atoms with E-state index in [0.29, 0.717) is 17.3 Å². The zero-order chi connectivity index (χ0) is 18.5. The fourth-order valence-corrected chi connectivity index (χ4v) is 2.53. The number of aromatic nitrogens is 2. The number of rotatable bonds is 6. The first-order valence-electron chi connectivity index (χ1n) is 8.49. The molecule has 6 nitrogen and oxygen atoms in total. The van der Waals surface area contributed by atoms with Crippen LogP contribution in [0.1, 0.15) is 47.6 Å². The SMILES string of the molecule is CC(C)c1ccc(-c2noc([C@H](CO)NC(=O)c3ccccc3)n2)cc1. The Labute approximate surface area is 151 Å². The van der Waals surface area contributed by atoms with Gasteiger partial charge in [0.05, 0.1) is 6.61 Å². The van der Waals surface area contributed by atoms with Gasteiger partial charge in [0.25, 0.3) is 11.8 Å². The predicted octanol–water partition coefficient (Wildman–Crippen LogP) is 3.32. The minimum atomic E-state index is -0.765. The molecule has 6 heteroatoms. The molecule has 2 aromatic carbocycles. The first kappa shape index (κ1) is 17.8. The van der Waals surface area contributed by atoms with E-state index in [0.717, 1.165) is 5.56 Å². The van der Waals surface area contributed by atoms with Gasteiger partial charge < -0.3 is 14.9 Å². The van der Waals surface area contributed by atoms with Gasteiger partial charge in [0.1, 0.15) is 6.04 Å². The lowest BCUT2D eigenvalue weighted by Gasteiger charge is -2.11. The largest absolute Gasteiger partial charge is 0.394 e. The fraction of sp³-hybridized carbons (Fsp3) is 0.250. The summed E-state index contributed by atoms with van der Waals surface area (Å²) in [6, 6.07) is 15.9. The molecule has 0 aliphatic carbocycles. The van der Waals surface area contributed by atoms with E-state index in [4.69, 9.17) is 4.52 Å². The number of aliphatic hydroxyl groups excluding tert-OH is 1. The Kier molecular flexibility index (Phi) is 5.43. The van der Waals surface area contributed by atoms with Crippen LogP contribution in [-0.4, -0.2) is 27.8 Å². The summed E-state index contributed by atoms with van der Waals surface area (Å²) < 4.78 is 5.25. The maximum Gasteiger partial charge on any atom is 0.251 e. The minimum Gasteiger partial charge on any atom is -0.394 e. The van der Waals surface area contributed by atoms with Crippen molar-refractivity contribution >= 4 is 5.91 Å². The molecule has 26 heavy (non-hydrogen) atoms. The Hall–Kier alpha value is -2.99. The second-order valence-corrected chi connectivity index (χ2v) is 6.31. The monoisotopic (exact) mass is 351 g/mol. The van der Waals surface area contributed by atoms with E-state index in [1.54, 1.807) is 24.3 Å². The van der Waals surface area contributed by atoms with Crippen molar-refractivity contribution in [1.29, 1.82) is 0 Å². The molecule has 1 aromatic heterocycles. The highest BCUT2D eigenvalue weighted by Gasteiger charge is 2.21. The number of carbonyl (C=O) groups excluding carboxylic acids is 1. The molecule has 0 aliphatic heterocycles. The van der Waals surface area contributed by atoms with Crippen molar-refractivity contribution in [3.8, 4) is 11.4 Å². The first-order valence-corrected chi connectivity index (χ1v) is 8.49. The molecule has 0 aliphatic rings. The first-order chi connectivity index (χ1) is 12.6. The summed E-state index contributed by atoms with van der Waals surface area (Å²) in [4.78, 5) is 16.6. The van der Waals surface area contributed by atoms with Crippen LogP contribution in [0.2, 0.25) is 0 Å². The molecule has 1 amide bonds. The molecule has 1 heterocycles. The Balaban J connectivity index is 1.75. The molecule has 0 radical (unpaired) electrons. The van der Waals surface area contributed by atoms with Crippen LogP contribution in [0.4, 0.5) is 0 Å². The van der Waals surface area contributed by atoms with Crippen LogP contribution in [0.3, 0.4) is 0 Å². The van der Waals surface area contributed by atoms with Gasteiger partial charge in [-0.15, -0.1) is 0 Å². The van der Waals surface area contributed by atoms with Crippen LogP contribution in [0, 0.1) is 0 Å². The lowest BCUT2D eigenvalue weighted by Crippen LogP contribution is -2.31. The number of aliphatic hydroxyl groups is 1. The maximum absolute atomic E-state index is 12.3.